The molecule has 0 radical (unpaired) electrons. The number of benzene rings is 1. The molecule has 1 aliphatic rings. The van der Waals surface area contributed by atoms with Crippen LogP contribution in [0.2, 0.25) is 5.02 Å². The second kappa shape index (κ2) is 5.59. The molecule has 0 spiro atoms. The Morgan fingerprint density at radius 2 is 2.33 bits per heavy atom. The molecule has 3 nitrogen and oxygen atoms in total. The molecule has 2 N–H and O–H groups in total. The maximum atomic E-state index is 12.3. The molecule has 1 fully saturated rings. The van der Waals surface area contributed by atoms with E-state index in [1.807, 2.05) is 13.0 Å². The van der Waals surface area contributed by atoms with E-state index >= 15 is 0 Å². The summed E-state index contributed by atoms with van der Waals surface area (Å²) >= 11 is 9.35. The predicted octanol–water partition coefficient (Wildman–Crippen LogP) is 3.43. The molecule has 5 heteroatoms. The van der Waals surface area contributed by atoms with Crippen molar-refractivity contribution in [1.82, 2.24) is 5.32 Å². The molecule has 0 aliphatic carbocycles. The van der Waals surface area contributed by atoms with E-state index < -0.39 is 0 Å². The number of carbonyl (C=O) groups excluding carboxylic acids is 1. The van der Waals surface area contributed by atoms with Crippen molar-refractivity contribution >= 4 is 39.1 Å². The summed E-state index contributed by atoms with van der Waals surface area (Å²) in [6.07, 6.45) is 1.94. The summed E-state index contributed by atoms with van der Waals surface area (Å²) in [5.41, 5.74) is 0.374. The standard InChI is InChI=1S/C13H16BrClN2O/c1-13(5-2-6-16-8-13)12(18)17-11-7-9(15)3-4-10(11)14/h3-4,7,16H,2,5-6,8H2,1H3,(H,17,18). The SMILES string of the molecule is CC1(C(=O)Nc2cc(Cl)ccc2Br)CCCNC1. The Hall–Kier alpha value is -0.580. The average molecular weight is 332 g/mol. The van der Waals surface area contributed by atoms with Crippen molar-refractivity contribution in [1.29, 1.82) is 0 Å². The van der Waals surface area contributed by atoms with Crippen molar-refractivity contribution in [3.05, 3.63) is 27.7 Å². The van der Waals surface area contributed by atoms with Gasteiger partial charge in [-0.2, -0.15) is 0 Å². The number of piperidine rings is 1. The van der Waals surface area contributed by atoms with Gasteiger partial charge < -0.3 is 10.6 Å². The Morgan fingerprint density at radius 1 is 1.56 bits per heavy atom. The van der Waals surface area contributed by atoms with Gasteiger partial charge in [0.25, 0.3) is 0 Å². The van der Waals surface area contributed by atoms with Crippen LogP contribution in [0.25, 0.3) is 0 Å². The summed E-state index contributed by atoms with van der Waals surface area (Å²) in [6, 6.07) is 5.37. The summed E-state index contributed by atoms with van der Waals surface area (Å²) in [6.45, 7) is 3.70. The number of amides is 1. The molecule has 1 unspecified atom stereocenters. The second-order valence-electron chi connectivity index (χ2n) is 4.92. The van der Waals surface area contributed by atoms with Crippen LogP contribution in [0.5, 0.6) is 0 Å². The fraction of sp³-hybridized carbons (Fsp3) is 0.462. The minimum absolute atomic E-state index is 0.0395. The highest BCUT2D eigenvalue weighted by Gasteiger charge is 2.34. The van der Waals surface area contributed by atoms with E-state index in [0.717, 1.165) is 36.1 Å². The van der Waals surface area contributed by atoms with E-state index in [0.29, 0.717) is 5.02 Å². The molecule has 98 valence electrons. The van der Waals surface area contributed by atoms with Gasteiger partial charge >= 0.3 is 0 Å². The van der Waals surface area contributed by atoms with E-state index in [4.69, 9.17) is 11.6 Å². The van der Waals surface area contributed by atoms with E-state index in [1.54, 1.807) is 12.1 Å². The predicted molar refractivity (Wildman–Crippen MR) is 78.0 cm³/mol. The number of anilines is 1. The summed E-state index contributed by atoms with van der Waals surface area (Å²) < 4.78 is 0.840. The number of hydrogen-bond donors (Lipinski definition) is 2. The number of halogens is 2. The van der Waals surface area contributed by atoms with E-state index in [2.05, 4.69) is 26.6 Å². The van der Waals surface area contributed by atoms with Gasteiger partial charge in [0.1, 0.15) is 0 Å². The molecule has 18 heavy (non-hydrogen) atoms. The zero-order chi connectivity index (χ0) is 13.2. The van der Waals surface area contributed by atoms with Crippen LogP contribution in [0.1, 0.15) is 19.8 Å². The van der Waals surface area contributed by atoms with Gasteiger partial charge in [0.15, 0.2) is 0 Å². The van der Waals surface area contributed by atoms with Crippen molar-refractivity contribution < 1.29 is 4.79 Å². The van der Waals surface area contributed by atoms with Gasteiger partial charge in [-0.3, -0.25) is 4.79 Å². The number of carbonyl (C=O) groups is 1. The van der Waals surface area contributed by atoms with Gasteiger partial charge in [0.2, 0.25) is 5.91 Å². The fourth-order valence-corrected chi connectivity index (χ4v) is 2.63. The van der Waals surface area contributed by atoms with Crippen molar-refractivity contribution in [3.8, 4) is 0 Å². The molecule has 1 atom stereocenters. The first-order chi connectivity index (χ1) is 8.51. The van der Waals surface area contributed by atoms with Crippen LogP contribution in [0.3, 0.4) is 0 Å². The number of hydrogen-bond acceptors (Lipinski definition) is 2. The molecule has 1 amide bonds. The third kappa shape index (κ3) is 3.05. The fourth-order valence-electron chi connectivity index (χ4n) is 2.12. The largest absolute Gasteiger partial charge is 0.325 e. The second-order valence-corrected chi connectivity index (χ2v) is 6.21. The minimum Gasteiger partial charge on any atom is -0.325 e. The lowest BCUT2D eigenvalue weighted by Crippen LogP contribution is -2.46. The van der Waals surface area contributed by atoms with E-state index in [9.17, 15) is 4.79 Å². The van der Waals surface area contributed by atoms with Crippen molar-refractivity contribution in [2.24, 2.45) is 5.41 Å². The summed E-state index contributed by atoms with van der Waals surface area (Å²) in [5.74, 6) is 0.0395. The molecule has 1 heterocycles. The van der Waals surface area contributed by atoms with Crippen molar-refractivity contribution in [2.75, 3.05) is 18.4 Å². The first kappa shape index (κ1) is 13.8. The average Bonchev–Trinajstić information content (AvgIpc) is 2.35. The Morgan fingerprint density at radius 3 is 3.00 bits per heavy atom. The molecule has 1 aromatic carbocycles. The quantitative estimate of drug-likeness (QED) is 0.871. The maximum absolute atomic E-state index is 12.3. The lowest BCUT2D eigenvalue weighted by molar-refractivity contribution is -0.125. The molecule has 0 bridgehead atoms. The highest BCUT2D eigenvalue weighted by molar-refractivity contribution is 9.10. The van der Waals surface area contributed by atoms with Crippen molar-refractivity contribution in [2.45, 2.75) is 19.8 Å². The summed E-state index contributed by atoms with van der Waals surface area (Å²) in [7, 11) is 0. The van der Waals surface area contributed by atoms with Crippen molar-refractivity contribution in [3.63, 3.8) is 0 Å². The summed E-state index contributed by atoms with van der Waals surface area (Å²) in [4.78, 5) is 12.3. The zero-order valence-electron chi connectivity index (χ0n) is 10.2. The van der Waals surface area contributed by atoms with Crippen LogP contribution in [0.4, 0.5) is 5.69 Å². The van der Waals surface area contributed by atoms with Crippen LogP contribution < -0.4 is 10.6 Å². The highest BCUT2D eigenvalue weighted by atomic mass is 79.9. The lowest BCUT2D eigenvalue weighted by Gasteiger charge is -2.32. The topological polar surface area (TPSA) is 41.1 Å². The summed E-state index contributed by atoms with van der Waals surface area (Å²) in [5, 5.41) is 6.83. The molecular formula is C13H16BrClN2O. The van der Waals surface area contributed by atoms with Crippen LogP contribution in [-0.2, 0) is 4.79 Å². The number of nitrogens with one attached hydrogen (secondary N) is 2. The van der Waals surface area contributed by atoms with Crippen LogP contribution >= 0.6 is 27.5 Å². The van der Waals surface area contributed by atoms with Crippen LogP contribution in [0.15, 0.2) is 22.7 Å². The van der Waals surface area contributed by atoms with Gasteiger partial charge in [0, 0.05) is 16.0 Å². The molecule has 2 rings (SSSR count). The van der Waals surface area contributed by atoms with Gasteiger partial charge in [0.05, 0.1) is 11.1 Å². The lowest BCUT2D eigenvalue weighted by atomic mass is 9.82. The Bertz CT molecular complexity index is 458. The first-order valence-electron chi connectivity index (χ1n) is 5.98. The van der Waals surface area contributed by atoms with Gasteiger partial charge in [-0.1, -0.05) is 11.6 Å². The zero-order valence-corrected chi connectivity index (χ0v) is 12.6. The monoisotopic (exact) mass is 330 g/mol. The van der Waals surface area contributed by atoms with Crippen LogP contribution in [0, 0.1) is 5.41 Å². The minimum atomic E-state index is -0.347. The maximum Gasteiger partial charge on any atom is 0.231 e. The number of rotatable bonds is 2. The van der Waals surface area contributed by atoms with Gasteiger partial charge in [-0.15, -0.1) is 0 Å². The molecule has 1 aliphatic heterocycles. The molecule has 0 saturated carbocycles. The third-order valence-electron chi connectivity index (χ3n) is 3.32. The van der Waals surface area contributed by atoms with Crippen LogP contribution in [-0.4, -0.2) is 19.0 Å². The molecule has 1 aromatic rings. The molecular weight excluding hydrogens is 316 g/mol. The van der Waals surface area contributed by atoms with Gasteiger partial charge in [-0.05, 0) is 60.4 Å². The Kier molecular flexibility index (Phi) is 4.30. The van der Waals surface area contributed by atoms with Gasteiger partial charge in [-0.25, -0.2) is 0 Å². The Labute approximate surface area is 120 Å². The molecule has 1 saturated heterocycles. The van der Waals surface area contributed by atoms with E-state index in [-0.39, 0.29) is 11.3 Å². The normalized spacial score (nSPS) is 23.7. The first-order valence-corrected chi connectivity index (χ1v) is 7.16. The van der Waals surface area contributed by atoms with E-state index in [1.165, 1.54) is 0 Å². The third-order valence-corrected chi connectivity index (χ3v) is 4.25. The smallest absolute Gasteiger partial charge is 0.231 e. The molecule has 0 aromatic heterocycles. The Balaban J connectivity index is 2.13. The highest BCUT2D eigenvalue weighted by Crippen LogP contribution is 2.30.